The number of rotatable bonds is 1. The highest BCUT2D eigenvalue weighted by Crippen LogP contribution is 2.47. The predicted molar refractivity (Wildman–Crippen MR) is 60.6 cm³/mol. The topological polar surface area (TPSA) is 66.8 Å². The van der Waals surface area contributed by atoms with Crippen LogP contribution in [-0.2, 0) is 9.53 Å². The van der Waals surface area contributed by atoms with Crippen molar-refractivity contribution in [2.24, 2.45) is 11.8 Å². The lowest BCUT2D eigenvalue weighted by Crippen LogP contribution is -2.50. The van der Waals surface area contributed by atoms with E-state index in [1.807, 2.05) is 0 Å². The van der Waals surface area contributed by atoms with E-state index in [2.05, 4.69) is 0 Å². The van der Waals surface area contributed by atoms with Crippen molar-refractivity contribution in [1.82, 2.24) is 4.90 Å². The van der Waals surface area contributed by atoms with Crippen molar-refractivity contribution < 1.29 is 19.4 Å². The van der Waals surface area contributed by atoms with Crippen molar-refractivity contribution in [2.75, 3.05) is 6.54 Å². The number of hydrogen-bond acceptors (Lipinski definition) is 3. The molecule has 2 aliphatic rings. The van der Waals surface area contributed by atoms with Crippen LogP contribution in [0, 0.1) is 11.8 Å². The second-order valence-corrected chi connectivity index (χ2v) is 5.98. The number of aliphatic carboxylic acids is 1. The Morgan fingerprint density at radius 2 is 1.88 bits per heavy atom. The van der Waals surface area contributed by atoms with Gasteiger partial charge in [0.15, 0.2) is 0 Å². The summed E-state index contributed by atoms with van der Waals surface area (Å²) in [6, 6.07) is -0.714. The fraction of sp³-hybridized carbons (Fsp3) is 0.833. The number of carbonyl (C=O) groups excluding carboxylic acids is 1. The monoisotopic (exact) mass is 241 g/mol. The van der Waals surface area contributed by atoms with Crippen LogP contribution in [0.1, 0.15) is 33.6 Å². The average molecular weight is 241 g/mol. The lowest BCUT2D eigenvalue weighted by Gasteiger charge is -2.34. The Hall–Kier alpha value is -1.26. The third-order valence-corrected chi connectivity index (χ3v) is 3.32. The molecular weight excluding hydrogens is 222 g/mol. The lowest BCUT2D eigenvalue weighted by molar-refractivity contribution is -0.144. The van der Waals surface area contributed by atoms with Crippen molar-refractivity contribution in [3.8, 4) is 0 Å². The molecular formula is C12H19NO4. The SMILES string of the molecule is CC(C)(C)OC(=O)N1CC2C[C@@H]2CC1C(=O)O. The first-order valence-corrected chi connectivity index (χ1v) is 6.00. The molecule has 0 aromatic carbocycles. The Bertz CT molecular complexity index is 347. The summed E-state index contributed by atoms with van der Waals surface area (Å²) >= 11 is 0. The quantitative estimate of drug-likeness (QED) is 0.759. The Balaban J connectivity index is 2.06. The van der Waals surface area contributed by atoms with E-state index < -0.39 is 23.7 Å². The van der Waals surface area contributed by atoms with Crippen LogP contribution in [0.3, 0.4) is 0 Å². The Kier molecular flexibility index (Phi) is 2.79. The summed E-state index contributed by atoms with van der Waals surface area (Å²) in [5, 5.41) is 9.14. The number of carboxylic acid groups (broad SMARTS) is 1. The lowest BCUT2D eigenvalue weighted by atomic mass is 10.0. The Morgan fingerprint density at radius 1 is 1.24 bits per heavy atom. The minimum Gasteiger partial charge on any atom is -0.480 e. The number of amides is 1. The first kappa shape index (κ1) is 12.2. The van der Waals surface area contributed by atoms with E-state index >= 15 is 0 Å². The van der Waals surface area contributed by atoms with Crippen LogP contribution in [-0.4, -0.2) is 40.3 Å². The second-order valence-electron chi connectivity index (χ2n) is 5.98. The van der Waals surface area contributed by atoms with Crippen molar-refractivity contribution in [3.63, 3.8) is 0 Å². The Labute approximate surface area is 101 Å². The molecule has 0 spiro atoms. The van der Waals surface area contributed by atoms with Gasteiger partial charge >= 0.3 is 12.1 Å². The molecule has 1 saturated carbocycles. The van der Waals surface area contributed by atoms with Gasteiger partial charge in [0.2, 0.25) is 0 Å². The normalized spacial score (nSPS) is 31.7. The van der Waals surface area contributed by atoms with E-state index in [-0.39, 0.29) is 0 Å². The molecule has 0 aromatic rings. The van der Waals surface area contributed by atoms with Gasteiger partial charge in [0.1, 0.15) is 11.6 Å². The zero-order chi connectivity index (χ0) is 12.8. The van der Waals surface area contributed by atoms with Crippen molar-refractivity contribution in [2.45, 2.75) is 45.3 Å². The van der Waals surface area contributed by atoms with Crippen LogP contribution >= 0.6 is 0 Å². The van der Waals surface area contributed by atoms with Gasteiger partial charge in [0.25, 0.3) is 0 Å². The molecule has 1 aliphatic carbocycles. The molecule has 5 heteroatoms. The van der Waals surface area contributed by atoms with E-state index in [1.165, 1.54) is 4.90 Å². The van der Waals surface area contributed by atoms with Crippen LogP contribution in [0.4, 0.5) is 4.79 Å². The summed E-state index contributed by atoms with van der Waals surface area (Å²) in [5.74, 6) is 0.0501. The van der Waals surface area contributed by atoms with Crippen LogP contribution in [0.5, 0.6) is 0 Å². The van der Waals surface area contributed by atoms with Gasteiger partial charge in [0, 0.05) is 6.54 Å². The van der Waals surface area contributed by atoms with Crippen molar-refractivity contribution in [1.29, 1.82) is 0 Å². The fourth-order valence-electron chi connectivity index (χ4n) is 2.37. The number of ether oxygens (including phenoxy) is 1. The van der Waals surface area contributed by atoms with E-state index in [0.29, 0.717) is 24.8 Å². The molecule has 2 fully saturated rings. The van der Waals surface area contributed by atoms with E-state index in [4.69, 9.17) is 9.84 Å². The molecule has 0 radical (unpaired) electrons. The van der Waals surface area contributed by atoms with Gasteiger partial charge in [-0.05, 0) is 45.4 Å². The molecule has 1 aliphatic heterocycles. The molecule has 0 aromatic heterocycles. The zero-order valence-corrected chi connectivity index (χ0v) is 10.5. The van der Waals surface area contributed by atoms with Gasteiger partial charge in [-0.3, -0.25) is 4.90 Å². The van der Waals surface area contributed by atoms with Crippen LogP contribution < -0.4 is 0 Å². The minimum absolute atomic E-state index is 0.484. The maximum absolute atomic E-state index is 11.9. The van der Waals surface area contributed by atoms with Gasteiger partial charge in [-0.2, -0.15) is 0 Å². The average Bonchev–Trinajstić information content (AvgIpc) is 2.90. The first-order valence-electron chi connectivity index (χ1n) is 6.00. The number of nitrogens with zero attached hydrogens (tertiary/aromatic N) is 1. The number of hydrogen-bond donors (Lipinski definition) is 1. The van der Waals surface area contributed by atoms with Gasteiger partial charge < -0.3 is 9.84 Å². The summed E-state index contributed by atoms with van der Waals surface area (Å²) in [6.07, 6.45) is 1.11. The molecule has 1 heterocycles. The maximum atomic E-state index is 11.9. The molecule has 96 valence electrons. The summed E-state index contributed by atoms with van der Waals surface area (Å²) in [4.78, 5) is 24.5. The molecule has 5 nitrogen and oxygen atoms in total. The maximum Gasteiger partial charge on any atom is 0.411 e. The highest BCUT2D eigenvalue weighted by Gasteiger charge is 2.50. The molecule has 2 unspecified atom stereocenters. The number of carbonyl (C=O) groups is 2. The number of fused-ring (bicyclic) bond motifs is 1. The zero-order valence-electron chi connectivity index (χ0n) is 10.5. The molecule has 3 atom stereocenters. The van der Waals surface area contributed by atoms with Crippen molar-refractivity contribution >= 4 is 12.1 Å². The summed E-state index contributed by atoms with van der Waals surface area (Å²) < 4.78 is 5.25. The molecule has 1 amide bonds. The standard InChI is InChI=1S/C12H19NO4/c1-12(2,3)17-11(16)13-6-8-4-7(8)5-9(13)10(14)15/h7-9H,4-6H2,1-3H3,(H,14,15)/t7-,8?,9?/m1/s1. The molecule has 17 heavy (non-hydrogen) atoms. The molecule has 0 bridgehead atoms. The molecule has 1 saturated heterocycles. The van der Waals surface area contributed by atoms with Gasteiger partial charge in [-0.15, -0.1) is 0 Å². The van der Waals surface area contributed by atoms with Gasteiger partial charge in [-0.1, -0.05) is 0 Å². The first-order chi connectivity index (χ1) is 7.78. The highest BCUT2D eigenvalue weighted by atomic mass is 16.6. The van der Waals surface area contributed by atoms with Gasteiger partial charge in [0.05, 0.1) is 0 Å². The fourth-order valence-corrected chi connectivity index (χ4v) is 2.37. The summed E-state index contributed by atoms with van der Waals surface area (Å²) in [7, 11) is 0. The van der Waals surface area contributed by atoms with Gasteiger partial charge in [-0.25, -0.2) is 9.59 Å². The van der Waals surface area contributed by atoms with E-state index in [1.54, 1.807) is 20.8 Å². The van der Waals surface area contributed by atoms with Crippen LogP contribution in [0.25, 0.3) is 0 Å². The number of piperidine rings is 1. The summed E-state index contributed by atoms with van der Waals surface area (Å²) in [6.45, 7) is 5.87. The predicted octanol–water partition coefficient (Wildman–Crippen LogP) is 1.72. The second kappa shape index (κ2) is 3.89. The number of likely N-dealkylation sites (tertiary alicyclic amines) is 1. The van der Waals surface area contributed by atoms with Crippen molar-refractivity contribution in [3.05, 3.63) is 0 Å². The number of carboxylic acids is 1. The van der Waals surface area contributed by atoms with E-state index in [0.717, 1.165) is 6.42 Å². The third-order valence-electron chi connectivity index (χ3n) is 3.32. The van der Waals surface area contributed by atoms with Crippen LogP contribution in [0.2, 0.25) is 0 Å². The third kappa shape index (κ3) is 2.70. The largest absolute Gasteiger partial charge is 0.480 e. The smallest absolute Gasteiger partial charge is 0.411 e. The Morgan fingerprint density at radius 3 is 2.41 bits per heavy atom. The molecule has 1 N–H and O–H groups in total. The summed E-state index contributed by atoms with van der Waals surface area (Å²) in [5.41, 5.74) is -0.583. The molecule has 2 rings (SSSR count). The minimum atomic E-state index is -0.929. The van der Waals surface area contributed by atoms with E-state index in [9.17, 15) is 9.59 Å². The highest BCUT2D eigenvalue weighted by molar-refractivity contribution is 5.80. The van der Waals surface area contributed by atoms with Crippen LogP contribution in [0.15, 0.2) is 0 Å².